The number of rotatable bonds is 7. The number of ether oxygens (including phenoxy) is 1. The summed E-state index contributed by atoms with van der Waals surface area (Å²) in [5, 5.41) is 4.71. The number of para-hydroxylation sites is 1. The molecule has 1 N–H and O–H groups in total. The molecule has 0 aliphatic carbocycles. The van der Waals surface area contributed by atoms with Crippen LogP contribution in [-0.4, -0.2) is 32.0 Å². The maximum absolute atomic E-state index is 12.6. The molecule has 3 rings (SSSR count). The molecule has 1 heterocycles. The van der Waals surface area contributed by atoms with Gasteiger partial charge in [0.05, 0.1) is 22.7 Å². The smallest absolute Gasteiger partial charge is 0.268 e. The number of carbonyl (C=O) groups is 2. The van der Waals surface area contributed by atoms with Gasteiger partial charge in [0.15, 0.2) is 0 Å². The number of anilines is 1. The lowest BCUT2D eigenvalue weighted by Crippen LogP contribution is -2.32. The number of aryl methyl sites for hydroxylation is 1. The molecule has 28 heavy (non-hydrogen) atoms. The van der Waals surface area contributed by atoms with Crippen LogP contribution in [0, 0.1) is 6.92 Å². The Labute approximate surface area is 168 Å². The van der Waals surface area contributed by atoms with Crippen molar-refractivity contribution in [2.75, 3.05) is 25.1 Å². The van der Waals surface area contributed by atoms with Gasteiger partial charge in [0.25, 0.3) is 11.8 Å². The maximum atomic E-state index is 12.6. The van der Waals surface area contributed by atoms with E-state index < -0.39 is 0 Å². The van der Waals surface area contributed by atoms with Crippen molar-refractivity contribution >= 4 is 28.8 Å². The van der Waals surface area contributed by atoms with Crippen LogP contribution in [0.1, 0.15) is 25.6 Å². The van der Waals surface area contributed by atoms with Crippen molar-refractivity contribution in [1.82, 2.24) is 5.32 Å². The fourth-order valence-corrected chi connectivity index (χ4v) is 3.47. The third-order valence-electron chi connectivity index (χ3n) is 4.19. The van der Waals surface area contributed by atoms with Gasteiger partial charge in [0.2, 0.25) is 0 Å². The lowest BCUT2D eigenvalue weighted by molar-refractivity contribution is 0.0947. The molecule has 0 spiro atoms. The van der Waals surface area contributed by atoms with E-state index in [9.17, 15) is 9.59 Å². The highest BCUT2D eigenvalue weighted by molar-refractivity contribution is 7.12. The Bertz CT molecular complexity index is 954. The Hall–Kier alpha value is -3.12. The van der Waals surface area contributed by atoms with Gasteiger partial charge in [-0.2, -0.15) is 0 Å². The van der Waals surface area contributed by atoms with Gasteiger partial charge in [0.1, 0.15) is 12.4 Å². The SMILES string of the molecule is Cc1cccc(OCCNC(=O)c2ccccc2N(C)C(=O)c2cccs2)c1. The molecule has 6 heteroatoms. The van der Waals surface area contributed by atoms with E-state index >= 15 is 0 Å². The summed E-state index contributed by atoms with van der Waals surface area (Å²) in [5.74, 6) is 0.392. The van der Waals surface area contributed by atoms with E-state index in [4.69, 9.17) is 4.74 Å². The standard InChI is InChI=1S/C22H22N2O3S/c1-16-7-5-8-17(15-16)27-13-12-23-21(25)18-9-3-4-10-19(18)24(2)22(26)20-11-6-14-28-20/h3-11,14-15H,12-13H2,1-2H3,(H,23,25). The van der Waals surface area contributed by atoms with Crippen LogP contribution in [0.2, 0.25) is 0 Å². The van der Waals surface area contributed by atoms with Crippen molar-refractivity contribution in [3.05, 3.63) is 82.0 Å². The molecule has 2 amide bonds. The zero-order valence-electron chi connectivity index (χ0n) is 15.8. The average molecular weight is 394 g/mol. The molecule has 2 aromatic carbocycles. The van der Waals surface area contributed by atoms with Gasteiger partial charge in [-0.05, 0) is 48.2 Å². The van der Waals surface area contributed by atoms with Gasteiger partial charge < -0.3 is 15.0 Å². The topological polar surface area (TPSA) is 58.6 Å². The van der Waals surface area contributed by atoms with Gasteiger partial charge in [-0.15, -0.1) is 11.3 Å². The van der Waals surface area contributed by atoms with E-state index in [-0.39, 0.29) is 11.8 Å². The summed E-state index contributed by atoms with van der Waals surface area (Å²) in [6, 6.07) is 18.4. The predicted octanol–water partition coefficient (Wildman–Crippen LogP) is 4.14. The third kappa shape index (κ3) is 4.78. The first-order valence-electron chi connectivity index (χ1n) is 8.94. The Morgan fingerprint density at radius 3 is 2.64 bits per heavy atom. The van der Waals surface area contributed by atoms with E-state index in [0.29, 0.717) is 29.3 Å². The predicted molar refractivity (Wildman–Crippen MR) is 113 cm³/mol. The third-order valence-corrected chi connectivity index (χ3v) is 5.05. The summed E-state index contributed by atoms with van der Waals surface area (Å²) in [6.45, 7) is 2.73. The molecule has 0 bridgehead atoms. The van der Waals surface area contributed by atoms with Gasteiger partial charge in [-0.3, -0.25) is 9.59 Å². The zero-order chi connectivity index (χ0) is 19.9. The molecule has 0 fully saturated rings. The Balaban J connectivity index is 1.61. The summed E-state index contributed by atoms with van der Waals surface area (Å²) < 4.78 is 5.66. The van der Waals surface area contributed by atoms with E-state index in [2.05, 4.69) is 5.32 Å². The molecule has 0 aliphatic heterocycles. The molecule has 3 aromatic rings. The maximum Gasteiger partial charge on any atom is 0.268 e. The van der Waals surface area contributed by atoms with Crippen LogP contribution in [0.15, 0.2) is 66.0 Å². The summed E-state index contributed by atoms with van der Waals surface area (Å²) in [4.78, 5) is 27.4. The normalized spacial score (nSPS) is 10.4. The minimum Gasteiger partial charge on any atom is -0.492 e. The molecule has 0 radical (unpaired) electrons. The minimum atomic E-state index is -0.241. The number of benzene rings is 2. The van der Waals surface area contributed by atoms with Crippen molar-refractivity contribution in [2.45, 2.75) is 6.92 Å². The summed E-state index contributed by atoms with van der Waals surface area (Å²) in [6.07, 6.45) is 0. The first kappa shape index (κ1) is 19.6. The largest absolute Gasteiger partial charge is 0.492 e. The Kier molecular flexibility index (Phi) is 6.45. The first-order valence-corrected chi connectivity index (χ1v) is 9.82. The van der Waals surface area contributed by atoms with Crippen LogP contribution >= 0.6 is 11.3 Å². The van der Waals surface area contributed by atoms with E-state index in [1.165, 1.54) is 16.2 Å². The highest BCUT2D eigenvalue weighted by atomic mass is 32.1. The zero-order valence-corrected chi connectivity index (χ0v) is 16.7. The number of hydrogen-bond acceptors (Lipinski definition) is 4. The summed E-state index contributed by atoms with van der Waals surface area (Å²) >= 11 is 1.38. The number of thiophene rings is 1. The molecule has 0 saturated carbocycles. The average Bonchev–Trinajstić information content (AvgIpc) is 3.25. The highest BCUT2D eigenvalue weighted by Crippen LogP contribution is 2.22. The van der Waals surface area contributed by atoms with Crippen molar-refractivity contribution in [3.8, 4) is 5.75 Å². The molecule has 0 atom stereocenters. The fourth-order valence-electron chi connectivity index (χ4n) is 2.77. The van der Waals surface area contributed by atoms with Crippen LogP contribution in [-0.2, 0) is 0 Å². The van der Waals surface area contributed by atoms with Crippen LogP contribution in [0.5, 0.6) is 5.75 Å². The first-order chi connectivity index (χ1) is 13.6. The quantitative estimate of drug-likeness (QED) is 0.613. The van der Waals surface area contributed by atoms with Crippen molar-refractivity contribution in [1.29, 1.82) is 0 Å². The van der Waals surface area contributed by atoms with Crippen LogP contribution < -0.4 is 15.0 Å². The van der Waals surface area contributed by atoms with Crippen molar-refractivity contribution in [2.24, 2.45) is 0 Å². The molecule has 0 saturated heterocycles. The Morgan fingerprint density at radius 1 is 1.07 bits per heavy atom. The molecular weight excluding hydrogens is 372 g/mol. The number of nitrogens with zero attached hydrogens (tertiary/aromatic N) is 1. The second-order valence-corrected chi connectivity index (χ2v) is 7.23. The summed E-state index contributed by atoms with van der Waals surface area (Å²) in [7, 11) is 1.68. The molecule has 1 aromatic heterocycles. The number of carbonyl (C=O) groups excluding carboxylic acids is 2. The molecule has 5 nitrogen and oxygen atoms in total. The fraction of sp³-hybridized carbons (Fsp3) is 0.182. The number of amides is 2. The molecule has 144 valence electrons. The van der Waals surface area contributed by atoms with E-state index in [0.717, 1.165) is 11.3 Å². The highest BCUT2D eigenvalue weighted by Gasteiger charge is 2.19. The monoisotopic (exact) mass is 394 g/mol. The lowest BCUT2D eigenvalue weighted by Gasteiger charge is -2.20. The lowest BCUT2D eigenvalue weighted by atomic mass is 10.1. The van der Waals surface area contributed by atoms with Crippen LogP contribution in [0.25, 0.3) is 0 Å². The van der Waals surface area contributed by atoms with Crippen LogP contribution in [0.4, 0.5) is 5.69 Å². The number of hydrogen-bond donors (Lipinski definition) is 1. The minimum absolute atomic E-state index is 0.141. The van der Waals surface area contributed by atoms with Gasteiger partial charge in [-0.25, -0.2) is 0 Å². The van der Waals surface area contributed by atoms with Crippen molar-refractivity contribution in [3.63, 3.8) is 0 Å². The molecule has 0 unspecified atom stereocenters. The van der Waals surface area contributed by atoms with E-state index in [1.807, 2.05) is 48.7 Å². The molecular formula is C22H22N2O3S. The van der Waals surface area contributed by atoms with Crippen molar-refractivity contribution < 1.29 is 14.3 Å². The Morgan fingerprint density at radius 2 is 1.89 bits per heavy atom. The summed E-state index contributed by atoms with van der Waals surface area (Å²) in [5.41, 5.74) is 2.14. The van der Waals surface area contributed by atoms with Gasteiger partial charge in [-0.1, -0.05) is 30.3 Å². The van der Waals surface area contributed by atoms with E-state index in [1.54, 1.807) is 31.3 Å². The van der Waals surface area contributed by atoms with Crippen LogP contribution in [0.3, 0.4) is 0 Å². The van der Waals surface area contributed by atoms with Gasteiger partial charge in [0, 0.05) is 7.05 Å². The molecule has 0 aliphatic rings. The second kappa shape index (κ2) is 9.19. The second-order valence-electron chi connectivity index (χ2n) is 6.28. The number of nitrogens with one attached hydrogen (secondary N) is 1. The van der Waals surface area contributed by atoms with Gasteiger partial charge >= 0.3 is 0 Å².